The molecular weight excluding hydrogens is 236 g/mol. The van der Waals surface area contributed by atoms with Crippen LogP contribution in [0.15, 0.2) is 0 Å². The number of hydrogen-bond donors (Lipinski definition) is 4. The van der Waals surface area contributed by atoms with E-state index in [9.17, 15) is 9.59 Å². The predicted molar refractivity (Wildman–Crippen MR) is 68.3 cm³/mol. The number of carboxylic acids is 1. The maximum atomic E-state index is 11.4. The third kappa shape index (κ3) is 6.44. The number of aliphatic hydroxyl groups is 1. The van der Waals surface area contributed by atoms with E-state index in [-0.39, 0.29) is 24.4 Å². The van der Waals surface area contributed by atoms with E-state index in [1.165, 1.54) is 0 Å². The maximum absolute atomic E-state index is 11.4. The molecule has 0 fully saturated rings. The summed E-state index contributed by atoms with van der Waals surface area (Å²) in [6.07, 6.45) is -1.44. The summed E-state index contributed by atoms with van der Waals surface area (Å²) < 4.78 is 0. The Morgan fingerprint density at radius 2 is 1.78 bits per heavy atom. The molecule has 0 heterocycles. The highest BCUT2D eigenvalue weighted by atomic mass is 16.4. The minimum absolute atomic E-state index is 0.00207. The molecule has 0 spiro atoms. The van der Waals surface area contributed by atoms with E-state index in [0.717, 1.165) is 0 Å². The van der Waals surface area contributed by atoms with Crippen molar-refractivity contribution in [3.05, 3.63) is 0 Å². The average Bonchev–Trinajstić information content (AvgIpc) is 2.26. The second-order valence-corrected chi connectivity index (χ2v) is 5.40. The van der Waals surface area contributed by atoms with E-state index in [4.69, 9.17) is 10.2 Å². The second-order valence-electron chi connectivity index (χ2n) is 5.40. The summed E-state index contributed by atoms with van der Waals surface area (Å²) in [4.78, 5) is 21.7. The Labute approximate surface area is 108 Å². The molecule has 18 heavy (non-hydrogen) atoms. The smallest absolute Gasteiger partial charge is 0.332 e. The summed E-state index contributed by atoms with van der Waals surface area (Å²) >= 11 is 0. The number of carbonyl (C=O) groups is 2. The summed E-state index contributed by atoms with van der Waals surface area (Å²) in [6, 6.07) is -0.346. The SMILES string of the molecule is CC(C)C(C)(C)CNC(=O)NCC[C@H](O)C(=O)O. The number of carbonyl (C=O) groups excluding carboxylic acids is 1. The van der Waals surface area contributed by atoms with E-state index in [1.807, 2.05) is 0 Å². The molecule has 0 aromatic heterocycles. The second kappa shape index (κ2) is 7.20. The van der Waals surface area contributed by atoms with Gasteiger partial charge in [0.2, 0.25) is 0 Å². The molecule has 0 bridgehead atoms. The fraction of sp³-hybridized carbons (Fsp3) is 0.833. The third-order valence-electron chi connectivity index (χ3n) is 3.26. The number of urea groups is 1. The molecule has 0 saturated heterocycles. The van der Waals surface area contributed by atoms with Gasteiger partial charge in [0, 0.05) is 19.5 Å². The average molecular weight is 260 g/mol. The number of aliphatic hydroxyl groups excluding tert-OH is 1. The Morgan fingerprint density at radius 3 is 2.22 bits per heavy atom. The van der Waals surface area contributed by atoms with Gasteiger partial charge in [-0.15, -0.1) is 0 Å². The third-order valence-corrected chi connectivity index (χ3v) is 3.26. The first kappa shape index (κ1) is 16.7. The Balaban J connectivity index is 3.83. The van der Waals surface area contributed by atoms with Crippen LogP contribution in [0.5, 0.6) is 0 Å². The first-order valence-electron chi connectivity index (χ1n) is 6.09. The van der Waals surface area contributed by atoms with E-state index in [0.29, 0.717) is 12.5 Å². The Morgan fingerprint density at radius 1 is 1.22 bits per heavy atom. The van der Waals surface area contributed by atoms with Gasteiger partial charge in [-0.3, -0.25) is 0 Å². The normalized spacial score (nSPS) is 13.2. The molecule has 0 aliphatic rings. The van der Waals surface area contributed by atoms with Crippen LogP contribution in [-0.2, 0) is 4.79 Å². The number of rotatable bonds is 7. The fourth-order valence-electron chi connectivity index (χ4n) is 1.02. The zero-order valence-corrected chi connectivity index (χ0v) is 11.5. The minimum Gasteiger partial charge on any atom is -0.479 e. The zero-order chi connectivity index (χ0) is 14.3. The van der Waals surface area contributed by atoms with Crippen molar-refractivity contribution < 1.29 is 19.8 Å². The predicted octanol–water partition coefficient (Wildman–Crippen LogP) is 0.803. The number of hydrogen-bond acceptors (Lipinski definition) is 3. The van der Waals surface area contributed by atoms with E-state index >= 15 is 0 Å². The lowest BCUT2D eigenvalue weighted by molar-refractivity contribution is -0.146. The highest BCUT2D eigenvalue weighted by Crippen LogP contribution is 2.24. The Kier molecular flexibility index (Phi) is 6.68. The van der Waals surface area contributed by atoms with Gasteiger partial charge in [-0.05, 0) is 11.3 Å². The molecule has 0 unspecified atom stereocenters. The van der Waals surface area contributed by atoms with Crippen LogP contribution >= 0.6 is 0 Å². The number of amides is 2. The van der Waals surface area contributed by atoms with Crippen molar-refractivity contribution in [2.75, 3.05) is 13.1 Å². The van der Waals surface area contributed by atoms with Gasteiger partial charge in [0.15, 0.2) is 6.10 Å². The summed E-state index contributed by atoms with van der Waals surface area (Å²) in [7, 11) is 0. The van der Waals surface area contributed by atoms with Gasteiger partial charge in [0.1, 0.15) is 0 Å². The van der Waals surface area contributed by atoms with Crippen LogP contribution in [0.1, 0.15) is 34.1 Å². The van der Waals surface area contributed by atoms with Gasteiger partial charge >= 0.3 is 12.0 Å². The van der Waals surface area contributed by atoms with Crippen molar-refractivity contribution in [1.29, 1.82) is 0 Å². The van der Waals surface area contributed by atoms with E-state index in [1.54, 1.807) is 0 Å². The largest absolute Gasteiger partial charge is 0.479 e. The minimum atomic E-state index is -1.43. The number of aliphatic carboxylic acids is 1. The summed E-state index contributed by atoms with van der Waals surface area (Å²) in [5, 5.41) is 22.7. The molecule has 2 amide bonds. The molecule has 0 aliphatic carbocycles. The van der Waals surface area contributed by atoms with Crippen molar-refractivity contribution in [3.8, 4) is 0 Å². The summed E-state index contributed by atoms with van der Waals surface area (Å²) in [5.41, 5.74) is -0.00207. The van der Waals surface area contributed by atoms with Gasteiger partial charge < -0.3 is 20.8 Å². The van der Waals surface area contributed by atoms with Crippen molar-refractivity contribution >= 4 is 12.0 Å². The number of carboxylic acid groups (broad SMARTS) is 1. The van der Waals surface area contributed by atoms with Gasteiger partial charge in [-0.2, -0.15) is 0 Å². The topological polar surface area (TPSA) is 98.7 Å². The molecule has 6 heteroatoms. The van der Waals surface area contributed by atoms with Crippen molar-refractivity contribution in [2.24, 2.45) is 11.3 Å². The van der Waals surface area contributed by atoms with E-state index < -0.39 is 12.1 Å². The number of nitrogens with one attached hydrogen (secondary N) is 2. The van der Waals surface area contributed by atoms with Crippen LogP contribution in [-0.4, -0.2) is 41.4 Å². The van der Waals surface area contributed by atoms with Gasteiger partial charge in [-0.1, -0.05) is 27.7 Å². The Bertz CT molecular complexity index is 290. The molecule has 0 aromatic rings. The molecule has 6 nitrogen and oxygen atoms in total. The van der Waals surface area contributed by atoms with Crippen LogP contribution < -0.4 is 10.6 Å². The molecule has 0 aromatic carbocycles. The quantitative estimate of drug-likeness (QED) is 0.544. The molecular formula is C12H24N2O4. The lowest BCUT2D eigenvalue weighted by atomic mass is 9.81. The maximum Gasteiger partial charge on any atom is 0.332 e. The highest BCUT2D eigenvalue weighted by Gasteiger charge is 2.22. The molecule has 106 valence electrons. The Hall–Kier alpha value is -1.30. The molecule has 4 N–H and O–H groups in total. The van der Waals surface area contributed by atoms with Crippen LogP contribution in [0.4, 0.5) is 4.79 Å². The molecule has 0 rings (SSSR count). The van der Waals surface area contributed by atoms with E-state index in [2.05, 4.69) is 38.3 Å². The molecule has 0 aliphatic heterocycles. The van der Waals surface area contributed by atoms with Crippen molar-refractivity contribution in [3.63, 3.8) is 0 Å². The lowest BCUT2D eigenvalue weighted by Gasteiger charge is -2.29. The standard InChI is InChI=1S/C12H24N2O4/c1-8(2)12(3,4)7-14-11(18)13-6-5-9(15)10(16)17/h8-9,15H,5-7H2,1-4H3,(H,16,17)(H2,13,14,18)/t9-/m0/s1. The van der Waals surface area contributed by atoms with Crippen LogP contribution in [0.3, 0.4) is 0 Å². The highest BCUT2D eigenvalue weighted by molar-refractivity contribution is 5.74. The summed E-state index contributed by atoms with van der Waals surface area (Å²) in [5.74, 6) is -0.843. The lowest BCUT2D eigenvalue weighted by Crippen LogP contribution is -2.43. The van der Waals surface area contributed by atoms with Gasteiger partial charge in [0.05, 0.1) is 0 Å². The van der Waals surface area contributed by atoms with Gasteiger partial charge in [0.25, 0.3) is 0 Å². The first-order chi connectivity index (χ1) is 8.16. The fourth-order valence-corrected chi connectivity index (χ4v) is 1.02. The molecule has 1 atom stereocenters. The van der Waals surface area contributed by atoms with Crippen molar-refractivity contribution in [2.45, 2.75) is 40.2 Å². The molecule has 0 saturated carbocycles. The van der Waals surface area contributed by atoms with Crippen LogP contribution in [0.25, 0.3) is 0 Å². The van der Waals surface area contributed by atoms with Crippen LogP contribution in [0, 0.1) is 11.3 Å². The van der Waals surface area contributed by atoms with Crippen molar-refractivity contribution in [1.82, 2.24) is 10.6 Å². The first-order valence-corrected chi connectivity index (χ1v) is 6.09. The molecule has 0 radical (unpaired) electrons. The monoisotopic (exact) mass is 260 g/mol. The van der Waals surface area contributed by atoms with Crippen LogP contribution in [0.2, 0.25) is 0 Å². The zero-order valence-electron chi connectivity index (χ0n) is 11.5. The van der Waals surface area contributed by atoms with Gasteiger partial charge in [-0.25, -0.2) is 9.59 Å². The summed E-state index contributed by atoms with van der Waals surface area (Å²) in [6.45, 7) is 8.96.